The molecule has 0 aromatic heterocycles. The molecule has 0 bridgehead atoms. The molecule has 1 heterocycles. The van der Waals surface area contributed by atoms with Crippen LogP contribution in [0.5, 0.6) is 0 Å². The van der Waals surface area contributed by atoms with Gasteiger partial charge >= 0.3 is 0 Å². The van der Waals surface area contributed by atoms with Crippen molar-refractivity contribution in [2.45, 2.75) is 83.8 Å². The summed E-state index contributed by atoms with van der Waals surface area (Å²) in [6.45, 7) is 9.56. The fourth-order valence-electron chi connectivity index (χ4n) is 3.88. The highest BCUT2D eigenvalue weighted by atomic mass is 15.3. The van der Waals surface area contributed by atoms with Gasteiger partial charge in [-0.3, -0.25) is 4.90 Å². The molecule has 0 radical (unpaired) electrons. The van der Waals surface area contributed by atoms with E-state index in [0.717, 1.165) is 24.0 Å². The summed E-state index contributed by atoms with van der Waals surface area (Å²) in [6, 6.07) is 2.44. The molecule has 2 heteroatoms. The Hall–Kier alpha value is -0.0800. The lowest BCUT2D eigenvalue weighted by Gasteiger charge is -2.44. The molecule has 1 saturated heterocycles. The molecular weight excluding hydrogens is 220 g/mol. The first kappa shape index (κ1) is 14.3. The summed E-state index contributed by atoms with van der Waals surface area (Å²) in [6.07, 6.45) is 9.84. The molecule has 2 aliphatic rings. The lowest BCUT2D eigenvalue weighted by molar-refractivity contribution is 0.0690. The smallest absolute Gasteiger partial charge is 0.0226 e. The van der Waals surface area contributed by atoms with Crippen molar-refractivity contribution in [1.82, 2.24) is 10.2 Å². The summed E-state index contributed by atoms with van der Waals surface area (Å²) in [5.74, 6) is 0.823. The lowest BCUT2D eigenvalue weighted by Crippen LogP contribution is -2.59. The zero-order chi connectivity index (χ0) is 13.0. The van der Waals surface area contributed by atoms with Gasteiger partial charge in [-0.05, 0) is 31.6 Å². The Balaban J connectivity index is 1.95. The minimum Gasteiger partial charge on any atom is -0.311 e. The summed E-state index contributed by atoms with van der Waals surface area (Å²) in [5.41, 5.74) is 0. The highest BCUT2D eigenvalue weighted by Gasteiger charge is 2.33. The molecule has 18 heavy (non-hydrogen) atoms. The minimum atomic E-state index is 0.749. The Labute approximate surface area is 114 Å². The van der Waals surface area contributed by atoms with E-state index in [1.54, 1.807) is 0 Å². The average molecular weight is 252 g/mol. The van der Waals surface area contributed by atoms with Crippen molar-refractivity contribution in [2.24, 2.45) is 5.92 Å². The monoisotopic (exact) mass is 252 g/mol. The normalized spacial score (nSPS) is 31.3. The molecule has 0 amide bonds. The number of piperazine rings is 1. The van der Waals surface area contributed by atoms with Gasteiger partial charge in [0.05, 0.1) is 0 Å². The van der Waals surface area contributed by atoms with E-state index in [1.807, 2.05) is 0 Å². The lowest BCUT2D eigenvalue weighted by atomic mass is 9.95. The van der Waals surface area contributed by atoms with Crippen molar-refractivity contribution in [3.05, 3.63) is 0 Å². The first-order valence-electron chi connectivity index (χ1n) is 8.19. The fourth-order valence-corrected chi connectivity index (χ4v) is 3.88. The molecule has 0 aromatic rings. The third-order valence-electron chi connectivity index (χ3n) is 4.72. The van der Waals surface area contributed by atoms with E-state index < -0.39 is 0 Å². The number of nitrogens with one attached hydrogen (secondary N) is 1. The van der Waals surface area contributed by atoms with Gasteiger partial charge in [-0.15, -0.1) is 0 Å². The number of hydrogen-bond donors (Lipinski definition) is 1. The molecule has 2 atom stereocenters. The van der Waals surface area contributed by atoms with Crippen molar-refractivity contribution in [3.63, 3.8) is 0 Å². The largest absolute Gasteiger partial charge is 0.311 e. The number of hydrogen-bond acceptors (Lipinski definition) is 2. The van der Waals surface area contributed by atoms with E-state index in [4.69, 9.17) is 0 Å². The van der Waals surface area contributed by atoms with Crippen molar-refractivity contribution >= 4 is 0 Å². The van der Waals surface area contributed by atoms with Crippen LogP contribution in [0.1, 0.15) is 65.7 Å². The highest BCUT2D eigenvalue weighted by molar-refractivity contribution is 4.91. The molecule has 1 saturated carbocycles. The third kappa shape index (κ3) is 3.71. The van der Waals surface area contributed by atoms with Gasteiger partial charge in [0.2, 0.25) is 0 Å². The van der Waals surface area contributed by atoms with E-state index >= 15 is 0 Å². The van der Waals surface area contributed by atoms with E-state index in [9.17, 15) is 0 Å². The first-order valence-corrected chi connectivity index (χ1v) is 8.19. The maximum Gasteiger partial charge on any atom is 0.0226 e. The maximum absolute atomic E-state index is 3.79. The molecule has 1 N–H and O–H groups in total. The van der Waals surface area contributed by atoms with Gasteiger partial charge in [-0.2, -0.15) is 0 Å². The Bertz CT molecular complexity index is 233. The molecule has 2 fully saturated rings. The maximum atomic E-state index is 3.79. The van der Waals surface area contributed by atoms with Crippen LogP contribution in [0.4, 0.5) is 0 Å². The summed E-state index contributed by atoms with van der Waals surface area (Å²) < 4.78 is 0. The van der Waals surface area contributed by atoms with Crippen LogP contribution in [0.15, 0.2) is 0 Å². The van der Waals surface area contributed by atoms with E-state index in [-0.39, 0.29) is 0 Å². The van der Waals surface area contributed by atoms with Gasteiger partial charge in [0, 0.05) is 31.2 Å². The Morgan fingerprint density at radius 3 is 2.56 bits per heavy atom. The van der Waals surface area contributed by atoms with Gasteiger partial charge in [-0.1, -0.05) is 40.0 Å². The fraction of sp³-hybridized carbons (Fsp3) is 1.00. The second kappa shape index (κ2) is 6.91. The predicted octanol–water partition coefficient (Wildman–Crippen LogP) is 3.42. The zero-order valence-corrected chi connectivity index (χ0v) is 12.6. The van der Waals surface area contributed by atoms with Crippen LogP contribution in [-0.4, -0.2) is 36.1 Å². The van der Waals surface area contributed by atoms with Gasteiger partial charge in [0.25, 0.3) is 0 Å². The Morgan fingerprint density at radius 2 is 1.94 bits per heavy atom. The quantitative estimate of drug-likeness (QED) is 0.806. The molecule has 0 spiro atoms. The second-order valence-corrected chi connectivity index (χ2v) is 6.81. The summed E-state index contributed by atoms with van der Waals surface area (Å²) >= 11 is 0. The molecule has 2 nitrogen and oxygen atoms in total. The molecule has 2 rings (SSSR count). The zero-order valence-electron chi connectivity index (χ0n) is 12.6. The Morgan fingerprint density at radius 1 is 1.22 bits per heavy atom. The van der Waals surface area contributed by atoms with Crippen LogP contribution in [0.2, 0.25) is 0 Å². The highest BCUT2D eigenvalue weighted by Crippen LogP contribution is 2.29. The van der Waals surface area contributed by atoms with Crippen molar-refractivity contribution < 1.29 is 0 Å². The number of rotatable bonds is 5. The van der Waals surface area contributed by atoms with Gasteiger partial charge < -0.3 is 5.32 Å². The van der Waals surface area contributed by atoms with Gasteiger partial charge in [0.15, 0.2) is 0 Å². The topological polar surface area (TPSA) is 15.3 Å². The summed E-state index contributed by atoms with van der Waals surface area (Å²) in [7, 11) is 0. The minimum absolute atomic E-state index is 0.749. The summed E-state index contributed by atoms with van der Waals surface area (Å²) in [4.78, 5) is 2.88. The predicted molar refractivity (Wildman–Crippen MR) is 78.9 cm³/mol. The van der Waals surface area contributed by atoms with Crippen LogP contribution < -0.4 is 5.32 Å². The molecule has 1 aliphatic heterocycles. The van der Waals surface area contributed by atoms with Crippen LogP contribution in [-0.2, 0) is 0 Å². The van der Waals surface area contributed by atoms with Crippen molar-refractivity contribution in [1.29, 1.82) is 0 Å². The molecule has 106 valence electrons. The SMILES string of the molecule is CCCC1CN(C2CCCC2)C(CC(C)C)CN1. The van der Waals surface area contributed by atoms with E-state index in [0.29, 0.717) is 0 Å². The molecule has 1 aliphatic carbocycles. The number of nitrogens with zero attached hydrogens (tertiary/aromatic N) is 1. The van der Waals surface area contributed by atoms with E-state index in [2.05, 4.69) is 31.0 Å². The third-order valence-corrected chi connectivity index (χ3v) is 4.72. The van der Waals surface area contributed by atoms with Gasteiger partial charge in [-0.25, -0.2) is 0 Å². The van der Waals surface area contributed by atoms with Crippen LogP contribution >= 0.6 is 0 Å². The van der Waals surface area contributed by atoms with Gasteiger partial charge in [0.1, 0.15) is 0 Å². The van der Waals surface area contributed by atoms with Crippen LogP contribution in [0.25, 0.3) is 0 Å². The van der Waals surface area contributed by atoms with Crippen LogP contribution in [0, 0.1) is 5.92 Å². The first-order chi connectivity index (χ1) is 8.70. The Kier molecular flexibility index (Phi) is 5.50. The van der Waals surface area contributed by atoms with Crippen molar-refractivity contribution in [3.8, 4) is 0 Å². The summed E-state index contributed by atoms with van der Waals surface area (Å²) in [5, 5.41) is 3.79. The molecular formula is C16H32N2. The average Bonchev–Trinajstić information content (AvgIpc) is 2.84. The second-order valence-electron chi connectivity index (χ2n) is 6.81. The van der Waals surface area contributed by atoms with Crippen molar-refractivity contribution in [2.75, 3.05) is 13.1 Å². The van der Waals surface area contributed by atoms with Crippen LogP contribution in [0.3, 0.4) is 0 Å². The molecule has 2 unspecified atom stereocenters. The van der Waals surface area contributed by atoms with E-state index in [1.165, 1.54) is 58.0 Å². The molecule has 0 aromatic carbocycles. The standard InChI is InChI=1S/C16H32N2/c1-4-7-14-12-18(15-8-5-6-9-15)16(11-17-14)10-13(2)3/h13-17H,4-12H2,1-3H3.